The summed E-state index contributed by atoms with van der Waals surface area (Å²) < 4.78 is 6.94. The molecule has 5 N–H and O–H groups in total. The van der Waals surface area contributed by atoms with Crippen LogP contribution in [0.3, 0.4) is 0 Å². The average molecular weight is 555 g/mol. The summed E-state index contributed by atoms with van der Waals surface area (Å²) in [5.74, 6) is 1.01. The van der Waals surface area contributed by atoms with Crippen LogP contribution in [0, 0.1) is 12.8 Å². The molecule has 1 aliphatic heterocycles. The third-order valence-corrected chi connectivity index (χ3v) is 9.32. The van der Waals surface area contributed by atoms with Gasteiger partial charge >= 0.3 is 0 Å². The normalized spacial score (nSPS) is 27.7. The van der Waals surface area contributed by atoms with Crippen LogP contribution in [0.5, 0.6) is 0 Å². The van der Waals surface area contributed by atoms with E-state index in [1.165, 1.54) is 0 Å². The molecule has 210 valence electrons. The number of rotatable bonds is 8. The zero-order valence-corrected chi connectivity index (χ0v) is 23.5. The van der Waals surface area contributed by atoms with Crippen molar-refractivity contribution in [3.63, 3.8) is 0 Å². The number of hydrogen-bond donors (Lipinski definition) is 5. The van der Waals surface area contributed by atoms with Crippen LogP contribution in [0.25, 0.3) is 20.8 Å². The molecule has 0 aromatic carbocycles. The zero-order chi connectivity index (χ0) is 27.3. The number of anilines is 2. The van der Waals surface area contributed by atoms with Gasteiger partial charge in [0.1, 0.15) is 22.4 Å². The molecule has 3 aromatic heterocycles. The molecule has 6 rings (SSSR count). The van der Waals surface area contributed by atoms with E-state index in [1.807, 2.05) is 19.2 Å². The summed E-state index contributed by atoms with van der Waals surface area (Å²) in [5.41, 5.74) is 2.38. The van der Waals surface area contributed by atoms with E-state index in [0.29, 0.717) is 30.6 Å². The molecule has 3 aromatic rings. The van der Waals surface area contributed by atoms with Crippen molar-refractivity contribution in [3.05, 3.63) is 23.7 Å². The highest BCUT2D eigenvalue weighted by atomic mass is 32.1. The van der Waals surface area contributed by atoms with Crippen LogP contribution in [0.2, 0.25) is 0 Å². The highest BCUT2D eigenvalue weighted by Crippen LogP contribution is 2.45. The van der Waals surface area contributed by atoms with E-state index >= 15 is 0 Å². The van der Waals surface area contributed by atoms with Gasteiger partial charge in [0, 0.05) is 31.2 Å². The maximum Gasteiger partial charge on any atom is 0.224 e. The number of aliphatic hydroxyl groups is 3. The van der Waals surface area contributed by atoms with Crippen molar-refractivity contribution in [1.29, 1.82) is 0 Å². The van der Waals surface area contributed by atoms with Crippen LogP contribution in [0.4, 0.5) is 11.8 Å². The highest BCUT2D eigenvalue weighted by molar-refractivity contribution is 7.21. The molecule has 0 bridgehead atoms. The lowest BCUT2D eigenvalue weighted by atomic mass is 9.88. The maximum absolute atomic E-state index is 10.9. The molecule has 3 aliphatic rings. The van der Waals surface area contributed by atoms with E-state index < -0.39 is 29.8 Å². The van der Waals surface area contributed by atoms with Crippen molar-refractivity contribution >= 4 is 33.3 Å². The largest absolute Gasteiger partial charge is 0.390 e. The summed E-state index contributed by atoms with van der Waals surface area (Å²) in [6.07, 6.45) is 5.79. The third-order valence-electron chi connectivity index (χ3n) is 8.28. The lowest BCUT2D eigenvalue weighted by molar-refractivity contribution is -0.0601. The Hall–Kier alpha value is -2.44. The van der Waals surface area contributed by atoms with Crippen molar-refractivity contribution < 1.29 is 20.1 Å². The smallest absolute Gasteiger partial charge is 0.224 e. The summed E-state index contributed by atoms with van der Waals surface area (Å²) >= 11 is 1.58. The van der Waals surface area contributed by atoms with Gasteiger partial charge in [-0.1, -0.05) is 0 Å². The fraction of sp³-hybridized carbons (Fsp3) is 0.643. The molecule has 1 unspecified atom stereocenters. The molecule has 10 nitrogen and oxygen atoms in total. The van der Waals surface area contributed by atoms with Crippen molar-refractivity contribution in [2.75, 3.05) is 23.8 Å². The van der Waals surface area contributed by atoms with Crippen LogP contribution < -0.4 is 10.6 Å². The quantitative estimate of drug-likeness (QED) is 0.280. The lowest BCUT2D eigenvalue weighted by Crippen LogP contribution is -2.40. The maximum atomic E-state index is 10.9. The minimum atomic E-state index is -1.13. The van der Waals surface area contributed by atoms with Gasteiger partial charge in [-0.15, -0.1) is 11.3 Å². The first-order valence-electron chi connectivity index (χ1n) is 14.0. The Balaban J connectivity index is 1.36. The number of nitrogens with zero attached hydrogens (tertiary/aromatic N) is 4. The van der Waals surface area contributed by atoms with E-state index in [-0.39, 0.29) is 6.10 Å². The predicted octanol–water partition coefficient (Wildman–Crippen LogP) is 3.61. The number of thiazole rings is 1. The third kappa shape index (κ3) is 5.47. The second-order valence-electron chi connectivity index (χ2n) is 11.8. The van der Waals surface area contributed by atoms with Crippen LogP contribution in [0.15, 0.2) is 12.3 Å². The summed E-state index contributed by atoms with van der Waals surface area (Å²) in [6.45, 7) is 6.66. The molecular weight excluding hydrogens is 516 g/mol. The van der Waals surface area contributed by atoms with Gasteiger partial charge in [-0.05, 0) is 65.4 Å². The Morgan fingerprint density at radius 2 is 1.92 bits per heavy atom. The van der Waals surface area contributed by atoms with Crippen LogP contribution >= 0.6 is 11.3 Å². The van der Waals surface area contributed by atoms with Gasteiger partial charge in [0.15, 0.2) is 0 Å². The Bertz CT molecular complexity index is 1330. The molecule has 1 saturated heterocycles. The number of hydrogen-bond acceptors (Lipinski definition) is 11. The molecule has 11 heteroatoms. The number of aryl methyl sites for hydroxylation is 1. The fourth-order valence-electron chi connectivity index (χ4n) is 5.88. The predicted molar refractivity (Wildman–Crippen MR) is 151 cm³/mol. The summed E-state index contributed by atoms with van der Waals surface area (Å²) in [5, 5.41) is 39.8. The van der Waals surface area contributed by atoms with E-state index in [9.17, 15) is 15.3 Å². The van der Waals surface area contributed by atoms with Gasteiger partial charge in [-0.2, -0.15) is 4.98 Å². The molecule has 39 heavy (non-hydrogen) atoms. The van der Waals surface area contributed by atoms with Gasteiger partial charge < -0.3 is 30.7 Å². The number of pyridine rings is 1. The second-order valence-corrected chi connectivity index (χ2v) is 12.8. The van der Waals surface area contributed by atoms with Gasteiger partial charge in [0.05, 0.1) is 45.5 Å². The van der Waals surface area contributed by atoms with Gasteiger partial charge in [-0.3, -0.25) is 4.98 Å². The minimum Gasteiger partial charge on any atom is -0.390 e. The molecule has 3 fully saturated rings. The number of fused-ring (bicyclic) bond motifs is 1. The molecule has 2 saturated carbocycles. The van der Waals surface area contributed by atoms with Crippen molar-refractivity contribution in [3.8, 4) is 10.6 Å². The van der Waals surface area contributed by atoms with E-state index in [0.717, 1.165) is 70.9 Å². The van der Waals surface area contributed by atoms with Crippen LogP contribution in [-0.4, -0.2) is 78.4 Å². The lowest BCUT2D eigenvalue weighted by Gasteiger charge is -2.28. The summed E-state index contributed by atoms with van der Waals surface area (Å²) in [4.78, 5) is 19.3. The van der Waals surface area contributed by atoms with Gasteiger partial charge in [0.2, 0.25) is 5.95 Å². The summed E-state index contributed by atoms with van der Waals surface area (Å²) in [6, 6.07) is 1.49. The number of aromatic nitrogens is 4. The van der Waals surface area contributed by atoms with Crippen molar-refractivity contribution in [2.24, 2.45) is 5.92 Å². The second kappa shape index (κ2) is 10.5. The summed E-state index contributed by atoms with van der Waals surface area (Å²) in [7, 11) is 0. The minimum absolute atomic E-state index is 0.121. The topological polar surface area (TPSA) is 146 Å². The fourth-order valence-corrected chi connectivity index (χ4v) is 6.95. The Labute approximate surface area is 232 Å². The van der Waals surface area contributed by atoms with E-state index in [1.54, 1.807) is 25.2 Å². The number of ether oxygens (including phenoxy) is 1. The Morgan fingerprint density at radius 3 is 2.62 bits per heavy atom. The van der Waals surface area contributed by atoms with Crippen LogP contribution in [-0.2, 0) is 4.74 Å². The molecule has 4 heterocycles. The van der Waals surface area contributed by atoms with Crippen molar-refractivity contribution in [2.45, 2.75) is 95.2 Å². The van der Waals surface area contributed by atoms with Gasteiger partial charge in [-0.25, -0.2) is 9.97 Å². The average Bonchev–Trinajstić information content (AvgIpc) is 3.59. The SMILES string of the molecule is Cc1nc(NCC2CCCCO2)nc(N[C@@H]2C[C@H](C(C)(C)O)[C@@H](O)[C@H]2O)c1-c1nc2c(C3CC3)nccc2s1. The standard InChI is InChI=1S/C28H38N6O4S/c1-14-20(26-33-22-19(39-26)9-10-29-21(22)15-7-8-15)25(32-18-12-17(28(2,3)37)23(35)24(18)36)34-27(31-14)30-13-16-6-4-5-11-38-16/h9-10,15-18,23-24,35-37H,4-8,11-13H2,1-3H3,(H2,30,31,32,34)/t16?,17-,18+,23+,24-/m0/s1. The monoisotopic (exact) mass is 554 g/mol. The first-order valence-corrected chi connectivity index (χ1v) is 14.9. The highest BCUT2D eigenvalue weighted by Gasteiger charge is 2.48. The van der Waals surface area contributed by atoms with E-state index in [2.05, 4.69) is 15.6 Å². The number of aliphatic hydroxyl groups excluding tert-OH is 2. The molecular formula is C28H38N6O4S. The molecule has 0 spiro atoms. The van der Waals surface area contributed by atoms with Crippen LogP contribution in [0.1, 0.15) is 69.7 Å². The number of nitrogens with one attached hydrogen (secondary N) is 2. The first kappa shape index (κ1) is 26.8. The zero-order valence-electron chi connectivity index (χ0n) is 22.7. The van der Waals surface area contributed by atoms with Gasteiger partial charge in [0.25, 0.3) is 0 Å². The molecule has 5 atom stereocenters. The molecule has 0 radical (unpaired) electrons. The van der Waals surface area contributed by atoms with E-state index in [4.69, 9.17) is 19.7 Å². The molecule has 0 amide bonds. The Morgan fingerprint density at radius 1 is 1.10 bits per heavy atom. The first-order chi connectivity index (χ1) is 18.7. The van der Waals surface area contributed by atoms with Crippen molar-refractivity contribution in [1.82, 2.24) is 19.9 Å². The molecule has 2 aliphatic carbocycles. The Kier molecular flexibility index (Phi) is 7.22.